The van der Waals surface area contributed by atoms with E-state index in [0.29, 0.717) is 6.54 Å². The number of benzene rings is 1. The number of hydrogen-bond acceptors (Lipinski definition) is 3. The number of carboxylic acid groups (broad SMARTS) is 1. The first-order chi connectivity index (χ1) is 9.43. The molecule has 0 aliphatic rings. The summed E-state index contributed by atoms with van der Waals surface area (Å²) < 4.78 is 18.4. The number of likely N-dealkylation sites (N-methyl/N-ethyl adjacent to an activating group) is 1. The highest BCUT2D eigenvalue weighted by atomic mass is 19.1. The summed E-state index contributed by atoms with van der Waals surface area (Å²) in [5, 5.41) is 8.58. The molecular formula is C14H16FNO4. The topological polar surface area (TPSA) is 66.8 Å². The maximum absolute atomic E-state index is 13.1. The highest BCUT2D eigenvalue weighted by molar-refractivity contribution is 5.86. The first kappa shape index (κ1) is 15.7. The van der Waals surface area contributed by atoms with Gasteiger partial charge in [0.05, 0.1) is 0 Å². The first-order valence-corrected chi connectivity index (χ1v) is 6.01. The molecule has 1 amide bonds. The van der Waals surface area contributed by atoms with Crippen molar-refractivity contribution < 1.29 is 23.8 Å². The number of rotatable bonds is 6. The van der Waals surface area contributed by atoms with E-state index >= 15 is 0 Å². The number of ether oxygens (including phenoxy) is 1. The molecule has 0 aliphatic heterocycles. The maximum Gasteiger partial charge on any atom is 0.328 e. The quantitative estimate of drug-likeness (QED) is 0.807. The normalized spacial score (nSPS) is 10.6. The Morgan fingerprint density at radius 3 is 2.75 bits per heavy atom. The van der Waals surface area contributed by atoms with E-state index in [1.54, 1.807) is 7.05 Å². The third kappa shape index (κ3) is 4.72. The van der Waals surface area contributed by atoms with Crippen LogP contribution in [0.1, 0.15) is 12.5 Å². The second-order valence-corrected chi connectivity index (χ2v) is 4.05. The largest absolute Gasteiger partial charge is 0.483 e. The highest BCUT2D eigenvalue weighted by Gasteiger charge is 2.09. The fourth-order valence-electron chi connectivity index (χ4n) is 1.37. The summed E-state index contributed by atoms with van der Waals surface area (Å²) in [7, 11) is 1.64. The molecule has 0 spiro atoms. The molecule has 6 heteroatoms. The van der Waals surface area contributed by atoms with Crippen molar-refractivity contribution in [3.63, 3.8) is 0 Å². The summed E-state index contributed by atoms with van der Waals surface area (Å²) in [6.45, 7) is 2.19. The summed E-state index contributed by atoms with van der Waals surface area (Å²) in [6, 6.07) is 3.68. The van der Waals surface area contributed by atoms with Gasteiger partial charge in [0, 0.05) is 25.2 Å². The molecule has 0 saturated heterocycles. The Labute approximate surface area is 116 Å². The third-order valence-corrected chi connectivity index (χ3v) is 2.63. The lowest BCUT2D eigenvalue weighted by molar-refractivity contribution is -0.132. The monoisotopic (exact) mass is 281 g/mol. The molecule has 108 valence electrons. The molecule has 5 nitrogen and oxygen atoms in total. The number of carbonyl (C=O) groups is 2. The Hall–Kier alpha value is -2.37. The Morgan fingerprint density at radius 2 is 2.15 bits per heavy atom. The molecule has 0 saturated carbocycles. The summed E-state index contributed by atoms with van der Waals surface area (Å²) in [5.74, 6) is -1.63. The lowest BCUT2D eigenvalue weighted by Crippen LogP contribution is -2.31. The summed E-state index contributed by atoms with van der Waals surface area (Å²) in [5.41, 5.74) is 0.263. The zero-order valence-electron chi connectivity index (χ0n) is 11.3. The number of carboxylic acids is 1. The van der Waals surface area contributed by atoms with Gasteiger partial charge in [-0.2, -0.15) is 0 Å². The van der Waals surface area contributed by atoms with Crippen LogP contribution in [0, 0.1) is 5.82 Å². The average molecular weight is 281 g/mol. The molecular weight excluding hydrogens is 265 g/mol. The Kier molecular flexibility index (Phi) is 5.71. The van der Waals surface area contributed by atoms with Crippen LogP contribution < -0.4 is 4.74 Å². The molecule has 1 aromatic carbocycles. The summed E-state index contributed by atoms with van der Waals surface area (Å²) in [4.78, 5) is 23.6. The number of halogens is 1. The lowest BCUT2D eigenvalue weighted by Gasteiger charge is -2.15. The third-order valence-electron chi connectivity index (χ3n) is 2.63. The molecule has 1 rings (SSSR count). The van der Waals surface area contributed by atoms with Crippen LogP contribution in [0.25, 0.3) is 6.08 Å². The van der Waals surface area contributed by atoms with Crippen molar-refractivity contribution in [2.24, 2.45) is 0 Å². The zero-order chi connectivity index (χ0) is 15.1. The molecule has 0 bridgehead atoms. The van der Waals surface area contributed by atoms with Crippen molar-refractivity contribution in [3.05, 3.63) is 35.7 Å². The molecule has 0 heterocycles. The predicted octanol–water partition coefficient (Wildman–Crippen LogP) is 1.78. The number of nitrogens with zero attached hydrogens (tertiary/aromatic N) is 1. The predicted molar refractivity (Wildman–Crippen MR) is 71.9 cm³/mol. The Bertz CT molecular complexity index is 528. The Balaban J connectivity index is 2.84. The van der Waals surface area contributed by atoms with Gasteiger partial charge in [-0.05, 0) is 31.2 Å². The standard InChI is InChI=1S/C14H16FNO4/c1-3-16(2)13(17)9-20-12-6-5-11(15)8-10(12)4-7-14(18)19/h4-8H,3,9H2,1-2H3,(H,18,19)/b7-4+. The molecule has 20 heavy (non-hydrogen) atoms. The molecule has 0 aliphatic carbocycles. The van der Waals surface area contributed by atoms with Gasteiger partial charge in [0.25, 0.3) is 5.91 Å². The maximum atomic E-state index is 13.1. The van der Waals surface area contributed by atoms with Gasteiger partial charge in [-0.25, -0.2) is 9.18 Å². The van der Waals surface area contributed by atoms with E-state index in [1.807, 2.05) is 6.92 Å². The van der Waals surface area contributed by atoms with Crippen molar-refractivity contribution in [2.75, 3.05) is 20.2 Å². The van der Waals surface area contributed by atoms with Crippen LogP contribution in [0.4, 0.5) is 4.39 Å². The number of carbonyl (C=O) groups excluding carboxylic acids is 1. The van der Waals surface area contributed by atoms with Gasteiger partial charge in [-0.1, -0.05) is 0 Å². The van der Waals surface area contributed by atoms with Crippen molar-refractivity contribution in [1.29, 1.82) is 0 Å². The average Bonchev–Trinajstić information content (AvgIpc) is 2.42. The van der Waals surface area contributed by atoms with Crippen LogP contribution in [0.15, 0.2) is 24.3 Å². The number of aliphatic carboxylic acids is 1. The minimum atomic E-state index is -1.15. The van der Waals surface area contributed by atoms with Crippen molar-refractivity contribution >= 4 is 18.0 Å². The van der Waals surface area contributed by atoms with Crippen molar-refractivity contribution in [2.45, 2.75) is 6.92 Å². The van der Waals surface area contributed by atoms with Gasteiger partial charge >= 0.3 is 5.97 Å². The summed E-state index contributed by atoms with van der Waals surface area (Å²) >= 11 is 0. The number of amides is 1. The van der Waals surface area contributed by atoms with E-state index in [0.717, 1.165) is 12.1 Å². The van der Waals surface area contributed by atoms with E-state index in [2.05, 4.69) is 0 Å². The second-order valence-electron chi connectivity index (χ2n) is 4.05. The van der Waals surface area contributed by atoms with Crippen LogP contribution in [0.3, 0.4) is 0 Å². The molecule has 1 aromatic rings. The smallest absolute Gasteiger partial charge is 0.328 e. The number of hydrogen-bond donors (Lipinski definition) is 1. The van der Waals surface area contributed by atoms with E-state index in [4.69, 9.17) is 9.84 Å². The van der Waals surface area contributed by atoms with Crippen molar-refractivity contribution in [1.82, 2.24) is 4.90 Å². The van der Waals surface area contributed by atoms with Crippen LogP contribution in [-0.4, -0.2) is 42.1 Å². The van der Waals surface area contributed by atoms with E-state index in [9.17, 15) is 14.0 Å². The van der Waals surface area contributed by atoms with Gasteiger partial charge in [0.15, 0.2) is 6.61 Å². The molecule has 0 unspecified atom stereocenters. The van der Waals surface area contributed by atoms with E-state index in [-0.39, 0.29) is 23.8 Å². The van der Waals surface area contributed by atoms with Crippen LogP contribution >= 0.6 is 0 Å². The second kappa shape index (κ2) is 7.28. The first-order valence-electron chi connectivity index (χ1n) is 6.01. The molecule has 0 atom stereocenters. The molecule has 0 radical (unpaired) electrons. The molecule has 0 fully saturated rings. The zero-order valence-corrected chi connectivity index (χ0v) is 11.3. The van der Waals surface area contributed by atoms with Crippen LogP contribution in [0.5, 0.6) is 5.75 Å². The molecule has 0 aromatic heterocycles. The van der Waals surface area contributed by atoms with Crippen molar-refractivity contribution in [3.8, 4) is 5.75 Å². The minimum Gasteiger partial charge on any atom is -0.483 e. The Morgan fingerprint density at radius 1 is 1.45 bits per heavy atom. The van der Waals surface area contributed by atoms with Gasteiger partial charge in [-0.3, -0.25) is 4.79 Å². The van der Waals surface area contributed by atoms with Crippen LogP contribution in [0.2, 0.25) is 0 Å². The van der Waals surface area contributed by atoms with E-state index < -0.39 is 11.8 Å². The SMILES string of the molecule is CCN(C)C(=O)COc1ccc(F)cc1/C=C/C(=O)O. The van der Waals surface area contributed by atoms with Gasteiger partial charge < -0.3 is 14.7 Å². The fourth-order valence-corrected chi connectivity index (χ4v) is 1.37. The lowest BCUT2D eigenvalue weighted by atomic mass is 10.2. The summed E-state index contributed by atoms with van der Waals surface area (Å²) in [6.07, 6.45) is 2.09. The van der Waals surface area contributed by atoms with E-state index in [1.165, 1.54) is 23.1 Å². The van der Waals surface area contributed by atoms with Crippen LogP contribution in [-0.2, 0) is 9.59 Å². The highest BCUT2D eigenvalue weighted by Crippen LogP contribution is 2.21. The fraction of sp³-hybridized carbons (Fsp3) is 0.286. The van der Waals surface area contributed by atoms with Gasteiger partial charge in [-0.15, -0.1) is 0 Å². The minimum absolute atomic E-state index is 0.191. The van der Waals surface area contributed by atoms with Gasteiger partial charge in [0.2, 0.25) is 0 Å². The van der Waals surface area contributed by atoms with Gasteiger partial charge in [0.1, 0.15) is 11.6 Å². The molecule has 1 N–H and O–H groups in total.